The lowest BCUT2D eigenvalue weighted by atomic mass is 10.2. The highest BCUT2D eigenvalue weighted by Crippen LogP contribution is 2.29. The van der Waals surface area contributed by atoms with E-state index in [0.717, 1.165) is 12.1 Å². The van der Waals surface area contributed by atoms with E-state index in [4.69, 9.17) is 4.74 Å². The molecule has 0 aliphatic heterocycles. The molecule has 0 aromatic heterocycles. The summed E-state index contributed by atoms with van der Waals surface area (Å²) in [5.41, 5.74) is 0.150. The van der Waals surface area contributed by atoms with Crippen LogP contribution in [-0.4, -0.2) is 11.4 Å². The first-order valence-corrected chi connectivity index (χ1v) is 5.01. The molecule has 2 rings (SSSR count). The molecule has 92 valence electrons. The van der Waals surface area contributed by atoms with Crippen molar-refractivity contribution in [2.45, 2.75) is 0 Å². The maximum atomic E-state index is 13.4. The van der Waals surface area contributed by atoms with Crippen molar-refractivity contribution in [2.24, 2.45) is 0 Å². The second kappa shape index (κ2) is 4.83. The monoisotopic (exact) mass is 250 g/mol. The molecule has 0 atom stereocenters. The lowest BCUT2D eigenvalue weighted by Crippen LogP contribution is -1.93. The van der Waals surface area contributed by atoms with Gasteiger partial charge in [-0.2, -0.15) is 0 Å². The highest BCUT2D eigenvalue weighted by molar-refractivity contribution is 5.80. The van der Waals surface area contributed by atoms with Crippen LogP contribution in [0.3, 0.4) is 0 Å². The molecule has 0 bridgehead atoms. The van der Waals surface area contributed by atoms with Crippen LogP contribution in [0.4, 0.5) is 8.78 Å². The van der Waals surface area contributed by atoms with Gasteiger partial charge in [-0.15, -0.1) is 0 Å². The topological polar surface area (TPSA) is 46.5 Å². The number of phenolic OH excluding ortho intramolecular Hbond substituents is 1. The van der Waals surface area contributed by atoms with Crippen molar-refractivity contribution >= 4 is 6.29 Å². The Morgan fingerprint density at radius 1 is 1.06 bits per heavy atom. The largest absolute Gasteiger partial charge is 0.508 e. The van der Waals surface area contributed by atoms with Gasteiger partial charge in [0.25, 0.3) is 0 Å². The summed E-state index contributed by atoms with van der Waals surface area (Å²) in [6, 6.07) is 6.60. The van der Waals surface area contributed by atoms with Crippen LogP contribution in [0, 0.1) is 11.6 Å². The van der Waals surface area contributed by atoms with Crippen LogP contribution in [0.1, 0.15) is 10.4 Å². The fourth-order valence-corrected chi connectivity index (χ4v) is 1.39. The summed E-state index contributed by atoms with van der Waals surface area (Å²) in [6.07, 6.45) is 0.510. The zero-order valence-electron chi connectivity index (χ0n) is 9.06. The first-order chi connectivity index (χ1) is 8.60. The Bertz CT molecular complexity index is 597. The van der Waals surface area contributed by atoms with Gasteiger partial charge in [0.1, 0.15) is 17.3 Å². The molecule has 0 heterocycles. The van der Waals surface area contributed by atoms with E-state index in [9.17, 15) is 18.7 Å². The molecule has 18 heavy (non-hydrogen) atoms. The molecule has 0 amide bonds. The normalized spacial score (nSPS) is 10.1. The number of phenols is 1. The van der Waals surface area contributed by atoms with E-state index < -0.39 is 11.6 Å². The standard InChI is InChI=1S/C13H8F2O3/c14-9-2-4-12(11(15)5-9)18-13-6-10(17)3-1-8(13)7-16/h1-7,17H. The SMILES string of the molecule is O=Cc1ccc(O)cc1Oc1ccc(F)cc1F. The molecule has 0 unspecified atom stereocenters. The molecule has 1 N–H and O–H groups in total. The summed E-state index contributed by atoms with van der Waals surface area (Å²) in [6.45, 7) is 0. The van der Waals surface area contributed by atoms with E-state index >= 15 is 0 Å². The van der Waals surface area contributed by atoms with Crippen LogP contribution in [0.5, 0.6) is 17.2 Å². The lowest BCUT2D eigenvalue weighted by molar-refractivity contribution is 0.112. The Kier molecular flexibility index (Phi) is 3.23. The number of hydrogen-bond donors (Lipinski definition) is 1. The molecule has 0 radical (unpaired) electrons. The molecule has 0 spiro atoms. The van der Waals surface area contributed by atoms with Gasteiger partial charge in [-0.3, -0.25) is 4.79 Å². The zero-order chi connectivity index (χ0) is 13.1. The Balaban J connectivity index is 2.39. The summed E-state index contributed by atoms with van der Waals surface area (Å²) >= 11 is 0. The highest BCUT2D eigenvalue weighted by Gasteiger charge is 2.10. The number of benzene rings is 2. The number of aromatic hydroxyl groups is 1. The van der Waals surface area contributed by atoms with E-state index in [2.05, 4.69) is 0 Å². The molecule has 0 aliphatic rings. The summed E-state index contributed by atoms with van der Waals surface area (Å²) in [5.74, 6) is -1.99. The predicted octanol–water partition coefficient (Wildman–Crippen LogP) is 3.28. The first-order valence-electron chi connectivity index (χ1n) is 5.01. The minimum Gasteiger partial charge on any atom is -0.508 e. The number of halogens is 2. The number of aldehydes is 1. The van der Waals surface area contributed by atoms with Gasteiger partial charge in [0.05, 0.1) is 5.56 Å². The third-order valence-electron chi connectivity index (χ3n) is 2.24. The average molecular weight is 250 g/mol. The van der Waals surface area contributed by atoms with Crippen molar-refractivity contribution in [3.63, 3.8) is 0 Å². The highest BCUT2D eigenvalue weighted by atomic mass is 19.1. The second-order valence-corrected chi connectivity index (χ2v) is 3.52. The molecule has 5 heteroatoms. The number of rotatable bonds is 3. The predicted molar refractivity (Wildman–Crippen MR) is 59.9 cm³/mol. The Morgan fingerprint density at radius 2 is 1.83 bits per heavy atom. The van der Waals surface area contributed by atoms with Gasteiger partial charge in [0, 0.05) is 12.1 Å². The quantitative estimate of drug-likeness (QED) is 0.850. The van der Waals surface area contributed by atoms with Gasteiger partial charge in [0.2, 0.25) is 0 Å². The van der Waals surface area contributed by atoms with Crippen molar-refractivity contribution in [1.29, 1.82) is 0 Å². The van der Waals surface area contributed by atoms with Gasteiger partial charge in [-0.05, 0) is 24.3 Å². The summed E-state index contributed by atoms with van der Waals surface area (Å²) in [7, 11) is 0. The van der Waals surface area contributed by atoms with Crippen LogP contribution in [0.25, 0.3) is 0 Å². The first kappa shape index (κ1) is 12.0. The molecular formula is C13H8F2O3. The fourth-order valence-electron chi connectivity index (χ4n) is 1.39. The van der Waals surface area contributed by atoms with Crippen molar-refractivity contribution in [2.75, 3.05) is 0 Å². The molecular weight excluding hydrogens is 242 g/mol. The van der Waals surface area contributed by atoms with E-state index in [1.54, 1.807) is 0 Å². The van der Waals surface area contributed by atoms with Gasteiger partial charge in [-0.1, -0.05) is 0 Å². The summed E-state index contributed by atoms with van der Waals surface area (Å²) in [5, 5.41) is 9.27. The second-order valence-electron chi connectivity index (χ2n) is 3.52. The maximum absolute atomic E-state index is 13.4. The lowest BCUT2D eigenvalue weighted by Gasteiger charge is -2.09. The fraction of sp³-hybridized carbons (Fsp3) is 0. The van der Waals surface area contributed by atoms with E-state index in [1.165, 1.54) is 18.2 Å². The molecule has 2 aromatic carbocycles. The number of ether oxygens (including phenoxy) is 1. The van der Waals surface area contributed by atoms with Crippen molar-refractivity contribution in [3.8, 4) is 17.2 Å². The van der Waals surface area contributed by atoms with Crippen LogP contribution >= 0.6 is 0 Å². The van der Waals surface area contributed by atoms with E-state index in [-0.39, 0.29) is 22.8 Å². The molecule has 0 aliphatic carbocycles. The zero-order valence-corrected chi connectivity index (χ0v) is 9.06. The third kappa shape index (κ3) is 2.45. The van der Waals surface area contributed by atoms with Crippen LogP contribution in [-0.2, 0) is 0 Å². The van der Waals surface area contributed by atoms with Gasteiger partial charge in [0.15, 0.2) is 17.9 Å². The Hall–Kier alpha value is -2.43. The summed E-state index contributed by atoms with van der Waals surface area (Å²) in [4.78, 5) is 10.8. The molecule has 0 saturated carbocycles. The van der Waals surface area contributed by atoms with Crippen LogP contribution < -0.4 is 4.74 Å². The molecule has 2 aromatic rings. The van der Waals surface area contributed by atoms with Crippen LogP contribution in [0.2, 0.25) is 0 Å². The van der Waals surface area contributed by atoms with Crippen molar-refractivity contribution < 1.29 is 23.4 Å². The summed E-state index contributed by atoms with van der Waals surface area (Å²) < 4.78 is 31.2. The molecule has 0 saturated heterocycles. The number of hydrogen-bond acceptors (Lipinski definition) is 3. The van der Waals surface area contributed by atoms with Gasteiger partial charge >= 0.3 is 0 Å². The van der Waals surface area contributed by atoms with E-state index in [0.29, 0.717) is 12.4 Å². The molecule has 3 nitrogen and oxygen atoms in total. The molecule has 0 fully saturated rings. The van der Waals surface area contributed by atoms with Crippen LogP contribution in [0.15, 0.2) is 36.4 Å². The number of carbonyl (C=O) groups is 1. The third-order valence-corrected chi connectivity index (χ3v) is 2.24. The smallest absolute Gasteiger partial charge is 0.168 e. The Morgan fingerprint density at radius 3 is 2.50 bits per heavy atom. The minimum atomic E-state index is -0.893. The van der Waals surface area contributed by atoms with E-state index in [1.807, 2.05) is 0 Å². The average Bonchev–Trinajstić information content (AvgIpc) is 2.33. The minimum absolute atomic E-state index is 0.00416. The maximum Gasteiger partial charge on any atom is 0.168 e. The number of carbonyl (C=O) groups excluding carboxylic acids is 1. The van der Waals surface area contributed by atoms with Crippen molar-refractivity contribution in [1.82, 2.24) is 0 Å². The van der Waals surface area contributed by atoms with Gasteiger partial charge in [-0.25, -0.2) is 8.78 Å². The Labute approximate surface area is 101 Å². The van der Waals surface area contributed by atoms with Gasteiger partial charge < -0.3 is 9.84 Å². The van der Waals surface area contributed by atoms with Crippen molar-refractivity contribution in [3.05, 3.63) is 53.6 Å².